The molecule has 0 bridgehead atoms. The fraction of sp³-hybridized carbons (Fsp3) is 0.500. The third-order valence-corrected chi connectivity index (χ3v) is 9.69. The summed E-state index contributed by atoms with van der Waals surface area (Å²) < 4.78 is 29.4. The number of carbonyl (C=O) groups is 2. The van der Waals surface area contributed by atoms with E-state index in [1.807, 2.05) is 108 Å². The van der Waals surface area contributed by atoms with Crippen LogP contribution in [0.15, 0.2) is 66.7 Å². The van der Waals surface area contributed by atoms with Crippen molar-refractivity contribution in [3.8, 4) is 28.4 Å². The third-order valence-electron chi connectivity index (χ3n) is 9.69. The van der Waals surface area contributed by atoms with Gasteiger partial charge in [0, 0.05) is 12.1 Å². The smallest absolute Gasteiger partial charge is 0.481 e. The lowest BCUT2D eigenvalue weighted by Crippen LogP contribution is -2.58. The van der Waals surface area contributed by atoms with E-state index in [1.54, 1.807) is 21.3 Å². The molecule has 11 heteroatoms. The van der Waals surface area contributed by atoms with Gasteiger partial charge in [0.15, 0.2) is 11.5 Å². The van der Waals surface area contributed by atoms with E-state index in [-0.39, 0.29) is 30.1 Å². The van der Waals surface area contributed by atoms with Gasteiger partial charge >= 0.3 is 7.12 Å². The summed E-state index contributed by atoms with van der Waals surface area (Å²) in [6.45, 7) is 16.0. The Kier molecular flexibility index (Phi) is 13.1. The molecule has 3 aromatic carbocycles. The zero-order valence-electron chi connectivity index (χ0n) is 32.1. The molecule has 0 radical (unpaired) electrons. The van der Waals surface area contributed by atoms with Crippen LogP contribution in [0.25, 0.3) is 11.1 Å². The summed E-state index contributed by atoms with van der Waals surface area (Å²) in [5.41, 5.74) is 2.50. The maximum Gasteiger partial charge on any atom is 0.481 e. The molecular weight excluding hydrogens is 645 g/mol. The first-order valence-corrected chi connectivity index (χ1v) is 17.8. The second kappa shape index (κ2) is 16.9. The van der Waals surface area contributed by atoms with E-state index in [0.29, 0.717) is 23.7 Å². The second-order valence-electron chi connectivity index (χ2n) is 15.0. The molecule has 1 heterocycles. The fourth-order valence-corrected chi connectivity index (χ4v) is 6.18. The molecule has 51 heavy (non-hydrogen) atoms. The highest BCUT2D eigenvalue weighted by atomic mass is 16.7. The summed E-state index contributed by atoms with van der Waals surface area (Å²) in [4.78, 5) is 28.4. The van der Waals surface area contributed by atoms with E-state index in [4.69, 9.17) is 23.5 Å². The lowest BCUT2D eigenvalue weighted by atomic mass is 9.73. The number of amides is 2. The predicted molar refractivity (Wildman–Crippen MR) is 203 cm³/mol. The molecule has 1 fully saturated rings. The predicted octanol–water partition coefficient (Wildman–Crippen LogP) is 6.71. The number of methoxy groups -OCH3 is 3. The van der Waals surface area contributed by atoms with Gasteiger partial charge in [0.2, 0.25) is 17.6 Å². The molecule has 1 saturated heterocycles. The molecule has 0 aromatic heterocycles. The number of carbonyl (C=O) groups excluding carboxylic acids is 2. The van der Waals surface area contributed by atoms with Gasteiger partial charge < -0.3 is 39.5 Å². The number of ether oxygens (including phenoxy) is 3. The van der Waals surface area contributed by atoms with Crippen LogP contribution in [0.5, 0.6) is 17.2 Å². The number of rotatable bonds is 16. The van der Waals surface area contributed by atoms with Crippen LogP contribution in [0, 0.1) is 11.8 Å². The Balaban J connectivity index is 1.64. The molecule has 0 spiro atoms. The molecule has 3 atom stereocenters. The number of hydrogen-bond acceptors (Lipinski definition) is 8. The molecule has 3 aromatic rings. The molecule has 4 rings (SSSR count). The summed E-state index contributed by atoms with van der Waals surface area (Å²) in [5.74, 6) is 0.435. The number of nitrogens with one attached hydrogen (secondary N) is 3. The molecule has 10 nitrogen and oxygen atoms in total. The van der Waals surface area contributed by atoms with Crippen LogP contribution in [0.2, 0.25) is 0 Å². The van der Waals surface area contributed by atoms with E-state index in [2.05, 4.69) is 29.8 Å². The van der Waals surface area contributed by atoms with Crippen molar-refractivity contribution in [3.63, 3.8) is 0 Å². The first-order chi connectivity index (χ1) is 24.1. The van der Waals surface area contributed by atoms with E-state index >= 15 is 0 Å². The topological polar surface area (TPSA) is 116 Å². The summed E-state index contributed by atoms with van der Waals surface area (Å²) >= 11 is 0. The number of hydrogen-bond donors (Lipinski definition) is 3. The molecule has 2 amide bonds. The molecule has 3 N–H and O–H groups in total. The zero-order chi connectivity index (χ0) is 37.5. The van der Waals surface area contributed by atoms with Crippen molar-refractivity contribution in [1.29, 1.82) is 0 Å². The molecule has 0 saturated carbocycles. The SMILES string of the molecule is COc1cc(C[C@H](Nc2cccc(-c3ccccc3)c2)C(=O)N[C@H](C(=O)NC(CC(C)C)B2OC(C)(C)C(C)(C)O2)C(C)C)cc(OC)c1OC. The average molecular weight is 702 g/mol. The van der Waals surface area contributed by atoms with Gasteiger partial charge in [-0.25, -0.2) is 0 Å². The maximum atomic E-state index is 14.4. The molecule has 0 aliphatic carbocycles. The quantitative estimate of drug-likeness (QED) is 0.141. The van der Waals surface area contributed by atoms with Gasteiger partial charge in [-0.05, 0) is 86.9 Å². The molecule has 1 aliphatic heterocycles. The Morgan fingerprint density at radius 1 is 0.745 bits per heavy atom. The number of anilines is 1. The van der Waals surface area contributed by atoms with Crippen molar-refractivity contribution >= 4 is 24.6 Å². The van der Waals surface area contributed by atoms with E-state index in [1.165, 1.54) is 0 Å². The van der Waals surface area contributed by atoms with Crippen molar-refractivity contribution in [2.75, 3.05) is 26.6 Å². The monoisotopic (exact) mass is 701 g/mol. The molecule has 1 aliphatic rings. The van der Waals surface area contributed by atoms with Crippen LogP contribution in [0.1, 0.15) is 67.4 Å². The first-order valence-electron chi connectivity index (χ1n) is 17.8. The van der Waals surface area contributed by atoms with Crippen LogP contribution in [0.4, 0.5) is 5.69 Å². The molecular formula is C40H56BN3O7. The second-order valence-corrected chi connectivity index (χ2v) is 15.0. The van der Waals surface area contributed by atoms with Gasteiger partial charge in [-0.2, -0.15) is 0 Å². The maximum absolute atomic E-state index is 14.4. The van der Waals surface area contributed by atoms with E-state index < -0.39 is 36.3 Å². The van der Waals surface area contributed by atoms with Gasteiger partial charge in [0.25, 0.3) is 0 Å². The standard InChI is InChI=1S/C40H56BN3O7/c1-25(2)20-34(41-50-39(5,6)40(7,8)51-41)43-38(46)35(26(3)4)44-37(45)31(21-27-22-32(47-9)36(49-11)33(23-27)48-10)42-30-19-15-18-29(24-30)28-16-13-12-14-17-28/h12-19,22-26,31,34-35,42H,20-21H2,1-11H3,(H,43,46)(H,44,45)/t31-,34?,35-/m0/s1. The first kappa shape index (κ1) is 39.6. The van der Waals surface area contributed by atoms with Crippen LogP contribution >= 0.6 is 0 Å². The average Bonchev–Trinajstić information content (AvgIpc) is 3.31. The third kappa shape index (κ3) is 9.77. The van der Waals surface area contributed by atoms with Crippen molar-refractivity contribution in [1.82, 2.24) is 10.6 Å². The summed E-state index contributed by atoms with van der Waals surface area (Å²) in [6.07, 6.45) is 0.902. The lowest BCUT2D eigenvalue weighted by molar-refractivity contribution is -0.130. The summed E-state index contributed by atoms with van der Waals surface area (Å²) in [5, 5.41) is 9.73. The zero-order valence-corrected chi connectivity index (χ0v) is 32.1. The van der Waals surface area contributed by atoms with Crippen LogP contribution in [-0.2, 0) is 25.3 Å². The normalized spacial score (nSPS) is 16.7. The Hall–Kier alpha value is -4.22. The van der Waals surface area contributed by atoms with Gasteiger partial charge in [-0.15, -0.1) is 0 Å². The van der Waals surface area contributed by atoms with E-state index in [9.17, 15) is 9.59 Å². The van der Waals surface area contributed by atoms with Gasteiger partial charge in [-0.3, -0.25) is 9.59 Å². The Morgan fingerprint density at radius 2 is 1.33 bits per heavy atom. The highest BCUT2D eigenvalue weighted by molar-refractivity contribution is 6.48. The highest BCUT2D eigenvalue weighted by Gasteiger charge is 2.54. The van der Waals surface area contributed by atoms with Crippen LogP contribution in [-0.4, -0.2) is 69.5 Å². The summed E-state index contributed by atoms with van der Waals surface area (Å²) in [7, 11) is 4.03. The minimum absolute atomic E-state index is 0.213. The van der Waals surface area contributed by atoms with E-state index in [0.717, 1.165) is 22.4 Å². The Labute approximate surface area is 304 Å². The van der Waals surface area contributed by atoms with Gasteiger partial charge in [0.05, 0.1) is 38.5 Å². The lowest BCUT2D eigenvalue weighted by Gasteiger charge is -2.32. The Morgan fingerprint density at radius 3 is 1.86 bits per heavy atom. The van der Waals surface area contributed by atoms with Crippen LogP contribution in [0.3, 0.4) is 0 Å². The van der Waals surface area contributed by atoms with Crippen molar-refractivity contribution in [3.05, 3.63) is 72.3 Å². The minimum Gasteiger partial charge on any atom is -0.493 e. The molecule has 1 unspecified atom stereocenters. The molecule has 276 valence electrons. The van der Waals surface area contributed by atoms with Crippen LogP contribution < -0.4 is 30.2 Å². The largest absolute Gasteiger partial charge is 0.493 e. The summed E-state index contributed by atoms with van der Waals surface area (Å²) in [6, 6.07) is 20.0. The minimum atomic E-state index is -0.825. The highest BCUT2D eigenvalue weighted by Crippen LogP contribution is 2.39. The van der Waals surface area contributed by atoms with Crippen molar-refractivity contribution in [2.24, 2.45) is 11.8 Å². The fourth-order valence-electron chi connectivity index (χ4n) is 6.18. The number of benzene rings is 3. The van der Waals surface area contributed by atoms with Crippen molar-refractivity contribution in [2.45, 2.75) is 97.5 Å². The Bertz CT molecular complexity index is 1590. The van der Waals surface area contributed by atoms with Gasteiger partial charge in [-0.1, -0.05) is 70.2 Å². The van der Waals surface area contributed by atoms with Crippen molar-refractivity contribution < 1.29 is 33.1 Å². The van der Waals surface area contributed by atoms with Gasteiger partial charge in [0.1, 0.15) is 12.1 Å².